The van der Waals surface area contributed by atoms with E-state index in [2.05, 4.69) is 25.2 Å². The van der Waals surface area contributed by atoms with Crippen molar-refractivity contribution in [3.63, 3.8) is 0 Å². The maximum atomic E-state index is 12.1. The molecule has 2 aromatic rings. The lowest BCUT2D eigenvalue weighted by Gasteiger charge is -2.07. The summed E-state index contributed by atoms with van der Waals surface area (Å²) in [6.45, 7) is 6.67. The van der Waals surface area contributed by atoms with Crippen molar-refractivity contribution in [3.8, 4) is 0 Å². The third kappa shape index (κ3) is 3.15. The van der Waals surface area contributed by atoms with Gasteiger partial charge in [-0.15, -0.1) is 11.3 Å². The number of carbonyl (C=O) groups is 1. The molecule has 0 spiro atoms. The van der Waals surface area contributed by atoms with E-state index in [4.69, 9.17) is 5.73 Å². The van der Waals surface area contributed by atoms with E-state index in [1.54, 1.807) is 17.4 Å². The van der Waals surface area contributed by atoms with Gasteiger partial charge in [-0.3, -0.25) is 4.79 Å². The van der Waals surface area contributed by atoms with E-state index in [-0.39, 0.29) is 5.91 Å². The fourth-order valence-electron chi connectivity index (χ4n) is 1.89. The molecule has 0 saturated heterocycles. The molecule has 2 rings (SSSR count). The molecule has 0 unspecified atom stereocenters. The van der Waals surface area contributed by atoms with Crippen LogP contribution in [0.3, 0.4) is 0 Å². The molecule has 4 heteroatoms. The van der Waals surface area contributed by atoms with Gasteiger partial charge in [-0.2, -0.15) is 0 Å². The molecular weight excluding hydrogens is 256 g/mol. The van der Waals surface area contributed by atoms with Crippen molar-refractivity contribution in [3.05, 3.63) is 50.7 Å². The van der Waals surface area contributed by atoms with Gasteiger partial charge in [-0.05, 0) is 50.1 Å². The molecule has 0 bridgehead atoms. The first kappa shape index (κ1) is 13.6. The maximum Gasteiger partial charge on any atom is 0.253 e. The number of carbonyl (C=O) groups excluding carboxylic acids is 1. The molecule has 100 valence electrons. The van der Waals surface area contributed by atoms with Crippen LogP contribution in [0.25, 0.3) is 0 Å². The fourth-order valence-corrected chi connectivity index (χ4v) is 2.88. The summed E-state index contributed by atoms with van der Waals surface area (Å²) in [6, 6.07) is 7.59. The Morgan fingerprint density at radius 1 is 1.26 bits per heavy atom. The van der Waals surface area contributed by atoms with E-state index in [0.717, 1.165) is 10.4 Å². The molecule has 19 heavy (non-hydrogen) atoms. The Bertz CT molecular complexity index is 597. The van der Waals surface area contributed by atoms with Crippen LogP contribution in [0.1, 0.15) is 31.2 Å². The molecule has 0 radical (unpaired) electrons. The number of hydrogen-bond donors (Lipinski definition) is 2. The molecule has 0 fully saturated rings. The monoisotopic (exact) mass is 274 g/mol. The molecule has 0 saturated carbocycles. The first-order chi connectivity index (χ1) is 8.97. The number of hydrogen-bond acceptors (Lipinski definition) is 3. The Morgan fingerprint density at radius 3 is 2.58 bits per heavy atom. The van der Waals surface area contributed by atoms with Crippen LogP contribution >= 0.6 is 11.3 Å². The molecule has 1 aromatic carbocycles. The number of nitrogen functional groups attached to an aromatic ring is 1. The van der Waals surface area contributed by atoms with Crippen LogP contribution in [0.2, 0.25) is 0 Å². The minimum absolute atomic E-state index is 0.124. The van der Waals surface area contributed by atoms with Crippen LogP contribution in [0, 0.1) is 20.8 Å². The minimum atomic E-state index is -0.124. The highest BCUT2D eigenvalue weighted by Gasteiger charge is 2.10. The van der Waals surface area contributed by atoms with E-state index >= 15 is 0 Å². The molecule has 3 N–H and O–H groups in total. The summed E-state index contributed by atoms with van der Waals surface area (Å²) in [4.78, 5) is 14.5. The van der Waals surface area contributed by atoms with E-state index in [1.165, 1.54) is 10.4 Å². The summed E-state index contributed by atoms with van der Waals surface area (Å²) in [6.07, 6.45) is 0. The number of nitrogens with one attached hydrogen (secondary N) is 1. The smallest absolute Gasteiger partial charge is 0.253 e. The highest BCUT2D eigenvalue weighted by molar-refractivity contribution is 7.12. The lowest BCUT2D eigenvalue weighted by molar-refractivity contribution is 0.0952. The zero-order valence-corrected chi connectivity index (χ0v) is 12.2. The van der Waals surface area contributed by atoms with Crippen molar-refractivity contribution in [2.75, 3.05) is 5.73 Å². The molecule has 1 heterocycles. The Kier molecular flexibility index (Phi) is 3.90. The van der Waals surface area contributed by atoms with Crippen molar-refractivity contribution in [2.24, 2.45) is 0 Å². The van der Waals surface area contributed by atoms with Crippen molar-refractivity contribution < 1.29 is 4.79 Å². The predicted octanol–water partition coefficient (Wildman–Crippen LogP) is 3.19. The summed E-state index contributed by atoms with van der Waals surface area (Å²) in [5.74, 6) is -0.124. The summed E-state index contributed by atoms with van der Waals surface area (Å²) in [5.41, 5.74) is 9.24. The predicted molar refractivity (Wildman–Crippen MR) is 80.6 cm³/mol. The Balaban J connectivity index is 2.05. The third-order valence-corrected chi connectivity index (χ3v) is 4.24. The van der Waals surface area contributed by atoms with Gasteiger partial charge in [0, 0.05) is 15.4 Å². The molecule has 1 aromatic heterocycles. The number of nitrogens with two attached hydrogens (primary N) is 1. The quantitative estimate of drug-likeness (QED) is 0.845. The van der Waals surface area contributed by atoms with Crippen LogP contribution < -0.4 is 11.1 Å². The van der Waals surface area contributed by atoms with Crippen molar-refractivity contribution in [1.29, 1.82) is 0 Å². The number of rotatable bonds is 3. The second kappa shape index (κ2) is 5.45. The van der Waals surface area contributed by atoms with E-state index in [0.29, 0.717) is 17.8 Å². The average molecular weight is 274 g/mol. The Hall–Kier alpha value is -1.81. The minimum Gasteiger partial charge on any atom is -0.398 e. The Labute approximate surface area is 117 Å². The van der Waals surface area contributed by atoms with Gasteiger partial charge in [0.1, 0.15) is 0 Å². The lowest BCUT2D eigenvalue weighted by Crippen LogP contribution is -2.23. The van der Waals surface area contributed by atoms with Gasteiger partial charge < -0.3 is 11.1 Å². The van der Waals surface area contributed by atoms with Crippen molar-refractivity contribution >= 4 is 22.9 Å². The number of amides is 1. The van der Waals surface area contributed by atoms with Crippen LogP contribution in [0.4, 0.5) is 5.69 Å². The molecule has 0 aliphatic heterocycles. The standard InChI is InChI=1S/C15H18N2OS/c1-9-4-5-13(14(16)6-9)15(18)17-8-12-7-10(2)11(3)19-12/h4-7H,8,16H2,1-3H3,(H,17,18). The third-order valence-electron chi connectivity index (χ3n) is 3.09. The van der Waals surface area contributed by atoms with Gasteiger partial charge in [0.2, 0.25) is 0 Å². The first-order valence-electron chi connectivity index (χ1n) is 6.17. The lowest BCUT2D eigenvalue weighted by atomic mass is 10.1. The van der Waals surface area contributed by atoms with E-state index in [9.17, 15) is 4.79 Å². The number of anilines is 1. The van der Waals surface area contributed by atoms with E-state index < -0.39 is 0 Å². The van der Waals surface area contributed by atoms with Crippen LogP contribution in [0.5, 0.6) is 0 Å². The highest BCUT2D eigenvalue weighted by atomic mass is 32.1. The maximum absolute atomic E-state index is 12.1. The molecule has 0 aliphatic carbocycles. The summed E-state index contributed by atoms with van der Waals surface area (Å²) in [7, 11) is 0. The molecule has 0 atom stereocenters. The topological polar surface area (TPSA) is 55.1 Å². The second-order valence-corrected chi connectivity index (χ2v) is 6.07. The van der Waals surface area contributed by atoms with Gasteiger partial charge in [0.15, 0.2) is 0 Å². The van der Waals surface area contributed by atoms with Gasteiger partial charge in [-0.25, -0.2) is 0 Å². The van der Waals surface area contributed by atoms with Gasteiger partial charge in [-0.1, -0.05) is 6.07 Å². The number of aryl methyl sites for hydroxylation is 3. The second-order valence-electron chi connectivity index (χ2n) is 4.73. The summed E-state index contributed by atoms with van der Waals surface area (Å²) >= 11 is 1.71. The zero-order chi connectivity index (χ0) is 14.0. The largest absolute Gasteiger partial charge is 0.398 e. The molecule has 1 amide bonds. The van der Waals surface area contributed by atoms with Gasteiger partial charge in [0.25, 0.3) is 5.91 Å². The van der Waals surface area contributed by atoms with Crippen LogP contribution in [-0.4, -0.2) is 5.91 Å². The molecular formula is C15H18N2OS. The Morgan fingerprint density at radius 2 is 2.00 bits per heavy atom. The van der Waals surface area contributed by atoms with Crippen LogP contribution in [-0.2, 0) is 6.54 Å². The first-order valence-corrected chi connectivity index (χ1v) is 6.99. The van der Waals surface area contributed by atoms with E-state index in [1.807, 2.05) is 19.1 Å². The zero-order valence-electron chi connectivity index (χ0n) is 11.4. The molecule has 3 nitrogen and oxygen atoms in total. The average Bonchev–Trinajstić information content (AvgIpc) is 2.66. The molecule has 0 aliphatic rings. The summed E-state index contributed by atoms with van der Waals surface area (Å²) in [5, 5.41) is 2.91. The van der Waals surface area contributed by atoms with Gasteiger partial charge in [0.05, 0.1) is 12.1 Å². The van der Waals surface area contributed by atoms with Gasteiger partial charge >= 0.3 is 0 Å². The number of benzene rings is 1. The van der Waals surface area contributed by atoms with Crippen LogP contribution in [0.15, 0.2) is 24.3 Å². The SMILES string of the molecule is Cc1ccc(C(=O)NCc2cc(C)c(C)s2)c(N)c1. The number of thiophene rings is 1. The highest BCUT2D eigenvalue weighted by Crippen LogP contribution is 2.20. The van der Waals surface area contributed by atoms with Crippen molar-refractivity contribution in [1.82, 2.24) is 5.32 Å². The fraction of sp³-hybridized carbons (Fsp3) is 0.267. The normalized spacial score (nSPS) is 10.5. The van der Waals surface area contributed by atoms with Crippen molar-refractivity contribution in [2.45, 2.75) is 27.3 Å². The summed E-state index contributed by atoms with van der Waals surface area (Å²) < 4.78 is 0.